The predicted octanol–water partition coefficient (Wildman–Crippen LogP) is 6.14. The molecule has 0 aliphatic carbocycles. The summed E-state index contributed by atoms with van der Waals surface area (Å²) >= 11 is 0. The van der Waals surface area contributed by atoms with Crippen LogP contribution in [0.4, 0.5) is 0 Å². The SMILES string of the molecule is CCCCCCCC1N(CCC)C=CN1CCCCCCC. The molecule has 0 saturated heterocycles. The lowest BCUT2D eigenvalue weighted by atomic mass is 10.1. The molecule has 0 bridgehead atoms. The average Bonchev–Trinajstić information content (AvgIpc) is 2.90. The van der Waals surface area contributed by atoms with Crippen LogP contribution in [0.15, 0.2) is 12.4 Å². The van der Waals surface area contributed by atoms with Crippen molar-refractivity contribution in [1.29, 1.82) is 0 Å². The molecular formula is C20H40N2. The van der Waals surface area contributed by atoms with Crippen molar-refractivity contribution < 1.29 is 0 Å². The third-order valence-corrected chi connectivity index (χ3v) is 4.78. The molecule has 0 saturated carbocycles. The van der Waals surface area contributed by atoms with Crippen LogP contribution < -0.4 is 0 Å². The fraction of sp³-hybridized carbons (Fsp3) is 0.900. The third kappa shape index (κ3) is 7.56. The molecule has 2 nitrogen and oxygen atoms in total. The monoisotopic (exact) mass is 308 g/mol. The summed E-state index contributed by atoms with van der Waals surface area (Å²) in [6.07, 6.45) is 21.8. The zero-order chi connectivity index (χ0) is 16.0. The Balaban J connectivity index is 2.29. The first-order valence-corrected chi connectivity index (χ1v) is 10.0. The summed E-state index contributed by atoms with van der Waals surface area (Å²) in [4.78, 5) is 5.19. The summed E-state index contributed by atoms with van der Waals surface area (Å²) in [5.74, 6) is 0. The van der Waals surface area contributed by atoms with Gasteiger partial charge >= 0.3 is 0 Å². The molecule has 0 aromatic rings. The van der Waals surface area contributed by atoms with Gasteiger partial charge in [0.2, 0.25) is 0 Å². The first-order valence-electron chi connectivity index (χ1n) is 10.0. The van der Waals surface area contributed by atoms with Crippen LogP contribution in [0.25, 0.3) is 0 Å². The van der Waals surface area contributed by atoms with Gasteiger partial charge in [-0.15, -0.1) is 0 Å². The van der Waals surface area contributed by atoms with Gasteiger partial charge in [0, 0.05) is 25.5 Å². The second-order valence-corrected chi connectivity index (χ2v) is 6.87. The largest absolute Gasteiger partial charge is 0.356 e. The van der Waals surface area contributed by atoms with E-state index in [1.54, 1.807) is 0 Å². The molecule has 1 atom stereocenters. The molecule has 130 valence electrons. The highest BCUT2D eigenvalue weighted by molar-refractivity contribution is 4.96. The molecule has 1 rings (SSSR count). The lowest BCUT2D eigenvalue weighted by Crippen LogP contribution is -2.39. The second-order valence-electron chi connectivity index (χ2n) is 6.87. The van der Waals surface area contributed by atoms with Crippen LogP contribution in [0.2, 0.25) is 0 Å². The van der Waals surface area contributed by atoms with E-state index in [0.717, 1.165) is 0 Å². The number of unbranched alkanes of at least 4 members (excludes halogenated alkanes) is 8. The van der Waals surface area contributed by atoms with Crippen LogP contribution in [0, 0.1) is 0 Å². The number of hydrogen-bond donors (Lipinski definition) is 0. The first kappa shape index (κ1) is 19.4. The van der Waals surface area contributed by atoms with Gasteiger partial charge in [-0.05, 0) is 25.7 Å². The number of rotatable bonds is 14. The highest BCUT2D eigenvalue weighted by Gasteiger charge is 2.24. The predicted molar refractivity (Wildman–Crippen MR) is 98.8 cm³/mol. The van der Waals surface area contributed by atoms with Gasteiger partial charge < -0.3 is 9.80 Å². The maximum atomic E-state index is 2.61. The van der Waals surface area contributed by atoms with Gasteiger partial charge in [0.15, 0.2) is 0 Å². The van der Waals surface area contributed by atoms with Gasteiger partial charge in [0.25, 0.3) is 0 Å². The van der Waals surface area contributed by atoms with Crippen molar-refractivity contribution in [1.82, 2.24) is 9.80 Å². The molecule has 1 aliphatic rings. The summed E-state index contributed by atoms with van der Waals surface area (Å²) in [6.45, 7) is 9.34. The minimum Gasteiger partial charge on any atom is -0.356 e. The molecule has 0 aromatic carbocycles. The summed E-state index contributed by atoms with van der Waals surface area (Å²) < 4.78 is 0. The summed E-state index contributed by atoms with van der Waals surface area (Å²) in [5, 5.41) is 0. The summed E-state index contributed by atoms with van der Waals surface area (Å²) in [7, 11) is 0. The van der Waals surface area contributed by atoms with E-state index in [4.69, 9.17) is 0 Å². The highest BCUT2D eigenvalue weighted by atomic mass is 15.4. The molecule has 0 N–H and O–H groups in total. The highest BCUT2D eigenvalue weighted by Crippen LogP contribution is 2.22. The Morgan fingerprint density at radius 1 is 0.591 bits per heavy atom. The van der Waals surface area contributed by atoms with E-state index < -0.39 is 0 Å². The Labute approximate surface area is 139 Å². The molecule has 2 heteroatoms. The topological polar surface area (TPSA) is 6.48 Å². The number of nitrogens with zero attached hydrogens (tertiary/aromatic N) is 2. The molecule has 1 heterocycles. The van der Waals surface area contributed by atoms with Gasteiger partial charge in [-0.1, -0.05) is 72.1 Å². The van der Waals surface area contributed by atoms with E-state index in [9.17, 15) is 0 Å². The molecule has 0 spiro atoms. The molecule has 0 aromatic heterocycles. The Hall–Kier alpha value is -0.660. The Morgan fingerprint density at radius 3 is 1.73 bits per heavy atom. The fourth-order valence-corrected chi connectivity index (χ4v) is 3.43. The molecular weight excluding hydrogens is 268 g/mol. The van der Waals surface area contributed by atoms with E-state index in [1.165, 1.54) is 90.1 Å². The molecule has 1 unspecified atom stereocenters. The molecule has 0 amide bonds. The van der Waals surface area contributed by atoms with Crippen molar-refractivity contribution in [3.63, 3.8) is 0 Å². The van der Waals surface area contributed by atoms with Crippen LogP contribution >= 0.6 is 0 Å². The van der Waals surface area contributed by atoms with Crippen LogP contribution in [0.5, 0.6) is 0 Å². The van der Waals surface area contributed by atoms with Gasteiger partial charge in [-0.3, -0.25) is 0 Å². The van der Waals surface area contributed by atoms with Crippen LogP contribution in [0.3, 0.4) is 0 Å². The normalized spacial score (nSPS) is 17.7. The van der Waals surface area contributed by atoms with Gasteiger partial charge in [0.05, 0.1) is 0 Å². The molecule has 22 heavy (non-hydrogen) atoms. The van der Waals surface area contributed by atoms with Gasteiger partial charge in [0.1, 0.15) is 6.17 Å². The van der Waals surface area contributed by atoms with Crippen molar-refractivity contribution in [3.05, 3.63) is 12.4 Å². The third-order valence-electron chi connectivity index (χ3n) is 4.78. The lowest BCUT2D eigenvalue weighted by molar-refractivity contribution is 0.137. The van der Waals surface area contributed by atoms with Crippen molar-refractivity contribution in [2.75, 3.05) is 13.1 Å². The van der Waals surface area contributed by atoms with Crippen LogP contribution in [-0.2, 0) is 0 Å². The standard InChI is InChI=1S/C20H40N2/c1-4-7-9-11-13-15-20-21(16-6-3)18-19-22(20)17-14-12-10-8-5-2/h18-20H,4-17H2,1-3H3. The van der Waals surface area contributed by atoms with Gasteiger partial charge in [-0.2, -0.15) is 0 Å². The maximum absolute atomic E-state index is 2.61. The van der Waals surface area contributed by atoms with E-state index in [2.05, 4.69) is 43.0 Å². The van der Waals surface area contributed by atoms with Crippen molar-refractivity contribution in [2.45, 2.75) is 104 Å². The van der Waals surface area contributed by atoms with Crippen LogP contribution in [0.1, 0.15) is 97.8 Å². The average molecular weight is 309 g/mol. The first-order chi connectivity index (χ1) is 10.8. The Bertz CT molecular complexity index is 275. The van der Waals surface area contributed by atoms with Gasteiger partial charge in [-0.25, -0.2) is 0 Å². The number of hydrogen-bond acceptors (Lipinski definition) is 2. The van der Waals surface area contributed by atoms with E-state index in [1.807, 2.05) is 0 Å². The Morgan fingerprint density at radius 2 is 1.14 bits per heavy atom. The van der Waals surface area contributed by atoms with Crippen molar-refractivity contribution >= 4 is 0 Å². The maximum Gasteiger partial charge on any atom is 0.101 e. The molecule has 1 aliphatic heterocycles. The minimum absolute atomic E-state index is 0.646. The second kappa shape index (κ2) is 12.8. The summed E-state index contributed by atoms with van der Waals surface area (Å²) in [6, 6.07) is 0. The van der Waals surface area contributed by atoms with Crippen molar-refractivity contribution in [3.8, 4) is 0 Å². The zero-order valence-corrected chi connectivity index (χ0v) is 15.5. The quantitative estimate of drug-likeness (QED) is 0.355. The minimum atomic E-state index is 0.646. The smallest absolute Gasteiger partial charge is 0.101 e. The zero-order valence-electron chi connectivity index (χ0n) is 15.5. The molecule has 0 radical (unpaired) electrons. The lowest BCUT2D eigenvalue weighted by Gasteiger charge is -2.33. The van der Waals surface area contributed by atoms with E-state index in [0.29, 0.717) is 6.17 Å². The van der Waals surface area contributed by atoms with Crippen LogP contribution in [-0.4, -0.2) is 29.1 Å². The van der Waals surface area contributed by atoms with Crippen molar-refractivity contribution in [2.24, 2.45) is 0 Å². The van der Waals surface area contributed by atoms with E-state index >= 15 is 0 Å². The Kier molecular flexibility index (Phi) is 11.3. The van der Waals surface area contributed by atoms with E-state index in [-0.39, 0.29) is 0 Å². The molecule has 0 fully saturated rings. The summed E-state index contributed by atoms with van der Waals surface area (Å²) in [5.41, 5.74) is 0. The fourth-order valence-electron chi connectivity index (χ4n) is 3.43.